The summed E-state index contributed by atoms with van der Waals surface area (Å²) in [4.78, 5) is 12.0. The Labute approximate surface area is 88.1 Å². The fourth-order valence-corrected chi connectivity index (χ4v) is 1.92. The topological polar surface area (TPSA) is 55.1 Å². The van der Waals surface area contributed by atoms with Crippen molar-refractivity contribution >= 4 is 23.4 Å². The fourth-order valence-electron chi connectivity index (χ4n) is 0.982. The summed E-state index contributed by atoms with van der Waals surface area (Å²) in [5.74, 6) is 0.417. The highest BCUT2D eigenvalue weighted by Crippen LogP contribution is 2.25. The normalized spacial score (nSPS) is 9.86. The van der Waals surface area contributed by atoms with Crippen molar-refractivity contribution in [2.24, 2.45) is 0 Å². The summed E-state index contributed by atoms with van der Waals surface area (Å²) in [6.45, 7) is 2.00. The van der Waals surface area contributed by atoms with E-state index in [1.165, 1.54) is 11.8 Å². The highest BCUT2D eigenvalue weighted by molar-refractivity contribution is 8.00. The molecule has 0 radical (unpaired) electrons. The van der Waals surface area contributed by atoms with Gasteiger partial charge in [0.15, 0.2) is 0 Å². The van der Waals surface area contributed by atoms with Crippen molar-refractivity contribution in [2.75, 3.05) is 18.5 Å². The zero-order chi connectivity index (χ0) is 10.6. The Bertz CT molecular complexity index is 339. The predicted molar refractivity (Wildman–Crippen MR) is 60.4 cm³/mol. The number of anilines is 1. The van der Waals surface area contributed by atoms with Crippen molar-refractivity contribution < 1.29 is 4.79 Å². The maximum absolute atomic E-state index is 11.0. The quantitative estimate of drug-likeness (QED) is 0.586. The molecule has 1 rings (SSSR count). The summed E-state index contributed by atoms with van der Waals surface area (Å²) in [7, 11) is 1.63. The molecule has 0 aliphatic rings. The lowest BCUT2D eigenvalue weighted by atomic mass is 10.2. The minimum atomic E-state index is 0.0101. The molecule has 0 atom stereocenters. The molecule has 0 fully saturated rings. The van der Waals surface area contributed by atoms with Gasteiger partial charge in [0.2, 0.25) is 5.91 Å². The molecule has 0 saturated carbocycles. The molecule has 0 saturated heterocycles. The highest BCUT2D eigenvalue weighted by atomic mass is 32.2. The van der Waals surface area contributed by atoms with E-state index in [2.05, 4.69) is 5.32 Å². The molecule has 0 heterocycles. The van der Waals surface area contributed by atoms with Crippen LogP contribution in [0.25, 0.3) is 0 Å². The van der Waals surface area contributed by atoms with Crippen LogP contribution in [0.4, 0.5) is 5.69 Å². The summed E-state index contributed by atoms with van der Waals surface area (Å²) >= 11 is 1.46. The van der Waals surface area contributed by atoms with Gasteiger partial charge in [0, 0.05) is 17.6 Å². The van der Waals surface area contributed by atoms with Crippen molar-refractivity contribution in [3.63, 3.8) is 0 Å². The number of benzene rings is 1. The highest BCUT2D eigenvalue weighted by Gasteiger charge is 2.03. The Kier molecular flexibility index (Phi) is 3.83. The van der Waals surface area contributed by atoms with Crippen LogP contribution in [0.5, 0.6) is 0 Å². The largest absolute Gasteiger partial charge is 0.398 e. The van der Waals surface area contributed by atoms with E-state index in [1.807, 2.05) is 25.1 Å². The molecule has 0 aromatic heterocycles. The molecule has 0 spiro atoms. The monoisotopic (exact) mass is 210 g/mol. The SMILES string of the molecule is CNC(=O)CSc1cc(C)ccc1N. The van der Waals surface area contributed by atoms with Crippen molar-refractivity contribution in [3.8, 4) is 0 Å². The molecule has 0 aliphatic carbocycles. The van der Waals surface area contributed by atoms with Gasteiger partial charge in [0.1, 0.15) is 0 Å². The predicted octanol–water partition coefficient (Wildman–Crippen LogP) is 1.42. The Balaban J connectivity index is 2.66. The van der Waals surface area contributed by atoms with Crippen LogP contribution in [0, 0.1) is 6.92 Å². The van der Waals surface area contributed by atoms with Gasteiger partial charge in [-0.1, -0.05) is 6.07 Å². The second-order valence-corrected chi connectivity index (χ2v) is 4.02. The second kappa shape index (κ2) is 4.91. The van der Waals surface area contributed by atoms with E-state index in [0.29, 0.717) is 5.75 Å². The van der Waals surface area contributed by atoms with E-state index >= 15 is 0 Å². The molecule has 0 aliphatic heterocycles. The summed E-state index contributed by atoms with van der Waals surface area (Å²) in [6, 6.07) is 5.81. The molecule has 1 aromatic rings. The number of nitrogen functional groups attached to an aromatic ring is 1. The molecular formula is C10H14N2OS. The van der Waals surface area contributed by atoms with E-state index in [9.17, 15) is 4.79 Å². The Morgan fingerprint density at radius 1 is 1.57 bits per heavy atom. The molecule has 3 N–H and O–H groups in total. The minimum absolute atomic E-state index is 0.0101. The Morgan fingerprint density at radius 2 is 2.29 bits per heavy atom. The van der Waals surface area contributed by atoms with Gasteiger partial charge in [0.05, 0.1) is 5.75 Å². The first-order chi connectivity index (χ1) is 6.63. The maximum atomic E-state index is 11.0. The standard InChI is InChI=1S/C10H14N2OS/c1-7-3-4-8(11)9(5-7)14-6-10(13)12-2/h3-5H,6,11H2,1-2H3,(H,12,13). The number of rotatable bonds is 3. The molecule has 4 heteroatoms. The Morgan fingerprint density at radius 3 is 2.93 bits per heavy atom. The van der Waals surface area contributed by atoms with Gasteiger partial charge in [0.25, 0.3) is 0 Å². The van der Waals surface area contributed by atoms with Gasteiger partial charge in [-0.15, -0.1) is 11.8 Å². The van der Waals surface area contributed by atoms with Gasteiger partial charge in [-0.3, -0.25) is 4.79 Å². The third-order valence-corrected chi connectivity index (χ3v) is 2.88. The van der Waals surface area contributed by atoms with Crippen molar-refractivity contribution in [2.45, 2.75) is 11.8 Å². The van der Waals surface area contributed by atoms with Crippen molar-refractivity contribution in [1.82, 2.24) is 5.32 Å². The number of hydrogen-bond donors (Lipinski definition) is 2. The molecule has 3 nitrogen and oxygen atoms in total. The summed E-state index contributed by atoms with van der Waals surface area (Å²) in [5.41, 5.74) is 7.64. The van der Waals surface area contributed by atoms with Crippen molar-refractivity contribution in [3.05, 3.63) is 23.8 Å². The summed E-state index contributed by atoms with van der Waals surface area (Å²) < 4.78 is 0. The van der Waals surface area contributed by atoms with Crippen LogP contribution in [0.2, 0.25) is 0 Å². The van der Waals surface area contributed by atoms with E-state index in [4.69, 9.17) is 5.73 Å². The molecule has 0 unspecified atom stereocenters. The molecule has 0 bridgehead atoms. The van der Waals surface area contributed by atoms with Gasteiger partial charge >= 0.3 is 0 Å². The number of nitrogens with two attached hydrogens (primary N) is 1. The zero-order valence-corrected chi connectivity index (χ0v) is 9.15. The number of aryl methyl sites for hydroxylation is 1. The lowest BCUT2D eigenvalue weighted by molar-refractivity contribution is -0.118. The average molecular weight is 210 g/mol. The summed E-state index contributed by atoms with van der Waals surface area (Å²) in [6.07, 6.45) is 0. The lowest BCUT2D eigenvalue weighted by Crippen LogP contribution is -2.19. The molecule has 14 heavy (non-hydrogen) atoms. The van der Waals surface area contributed by atoms with E-state index in [1.54, 1.807) is 7.05 Å². The number of thioether (sulfide) groups is 1. The van der Waals surface area contributed by atoms with Crippen LogP contribution in [-0.2, 0) is 4.79 Å². The van der Waals surface area contributed by atoms with Crippen LogP contribution in [-0.4, -0.2) is 18.7 Å². The van der Waals surface area contributed by atoms with Crippen LogP contribution in [0.15, 0.2) is 23.1 Å². The number of carbonyl (C=O) groups excluding carboxylic acids is 1. The van der Waals surface area contributed by atoms with Crippen LogP contribution in [0.1, 0.15) is 5.56 Å². The van der Waals surface area contributed by atoms with Gasteiger partial charge < -0.3 is 11.1 Å². The summed E-state index contributed by atoms with van der Waals surface area (Å²) in [5, 5.41) is 2.57. The first kappa shape index (κ1) is 10.9. The second-order valence-electron chi connectivity index (χ2n) is 3.00. The van der Waals surface area contributed by atoms with Crippen molar-refractivity contribution in [1.29, 1.82) is 0 Å². The molecular weight excluding hydrogens is 196 g/mol. The van der Waals surface area contributed by atoms with Crippen LogP contribution < -0.4 is 11.1 Å². The Hall–Kier alpha value is -1.16. The number of nitrogens with one attached hydrogen (secondary N) is 1. The number of amides is 1. The van der Waals surface area contributed by atoms with Crippen LogP contribution in [0.3, 0.4) is 0 Å². The number of hydrogen-bond acceptors (Lipinski definition) is 3. The molecule has 76 valence electrons. The first-order valence-corrected chi connectivity index (χ1v) is 5.31. The maximum Gasteiger partial charge on any atom is 0.230 e. The average Bonchev–Trinajstić information content (AvgIpc) is 2.19. The zero-order valence-electron chi connectivity index (χ0n) is 8.33. The molecule has 1 aromatic carbocycles. The lowest BCUT2D eigenvalue weighted by Gasteiger charge is -2.05. The van der Waals surface area contributed by atoms with E-state index in [0.717, 1.165) is 16.1 Å². The van der Waals surface area contributed by atoms with Crippen LogP contribution >= 0.6 is 11.8 Å². The van der Waals surface area contributed by atoms with Gasteiger partial charge in [-0.05, 0) is 24.6 Å². The molecule has 1 amide bonds. The smallest absolute Gasteiger partial charge is 0.230 e. The van der Waals surface area contributed by atoms with Gasteiger partial charge in [-0.25, -0.2) is 0 Å². The van der Waals surface area contributed by atoms with Gasteiger partial charge in [-0.2, -0.15) is 0 Å². The minimum Gasteiger partial charge on any atom is -0.398 e. The van der Waals surface area contributed by atoms with E-state index in [-0.39, 0.29) is 5.91 Å². The van der Waals surface area contributed by atoms with E-state index < -0.39 is 0 Å². The third kappa shape index (κ3) is 2.96. The number of carbonyl (C=O) groups is 1. The fraction of sp³-hybridized carbons (Fsp3) is 0.300. The first-order valence-electron chi connectivity index (χ1n) is 4.33. The third-order valence-electron chi connectivity index (χ3n) is 1.81.